The minimum atomic E-state index is -0.920. The summed E-state index contributed by atoms with van der Waals surface area (Å²) in [5.74, 6) is -0.650. The van der Waals surface area contributed by atoms with Crippen LogP contribution >= 0.6 is 0 Å². The molecule has 0 bridgehead atoms. The Hall–Kier alpha value is -1.59. The van der Waals surface area contributed by atoms with E-state index in [1.807, 2.05) is 18.2 Å². The number of phenols is 1. The molecule has 0 amide bonds. The van der Waals surface area contributed by atoms with Crippen LogP contribution in [-0.2, 0) is 16.6 Å². The summed E-state index contributed by atoms with van der Waals surface area (Å²) >= 11 is 0. The molecule has 0 aliphatic carbocycles. The van der Waals surface area contributed by atoms with Gasteiger partial charge in [-0.15, -0.1) is 0 Å². The molecule has 154 valence electrons. The second-order valence-corrected chi connectivity index (χ2v) is 9.25. The van der Waals surface area contributed by atoms with Gasteiger partial charge in [0.2, 0.25) is 0 Å². The van der Waals surface area contributed by atoms with E-state index in [-0.39, 0.29) is 17.8 Å². The Morgan fingerprint density at radius 1 is 1.15 bits per heavy atom. The summed E-state index contributed by atoms with van der Waals surface area (Å²) in [5.41, 5.74) is 8.02. The normalized spacial score (nSPS) is 16.8. The third-order valence-corrected chi connectivity index (χ3v) is 5.40. The van der Waals surface area contributed by atoms with E-state index in [9.17, 15) is 15.0 Å². The van der Waals surface area contributed by atoms with E-state index in [1.165, 1.54) is 0 Å². The van der Waals surface area contributed by atoms with Gasteiger partial charge in [0, 0.05) is 6.04 Å². The van der Waals surface area contributed by atoms with Gasteiger partial charge in [-0.1, -0.05) is 53.7 Å². The predicted octanol–water partition coefficient (Wildman–Crippen LogP) is 3.69. The van der Waals surface area contributed by atoms with Crippen LogP contribution in [0.3, 0.4) is 0 Å². The van der Waals surface area contributed by atoms with Crippen LogP contribution in [0, 0.1) is 17.8 Å². The fourth-order valence-corrected chi connectivity index (χ4v) is 3.38. The molecule has 1 aromatic carbocycles. The largest absolute Gasteiger partial charge is 0.508 e. The highest BCUT2D eigenvalue weighted by molar-refractivity contribution is 5.69. The number of carbonyl (C=O) groups is 1. The van der Waals surface area contributed by atoms with Gasteiger partial charge in [-0.25, -0.2) is 0 Å². The smallest absolute Gasteiger partial charge is 0.306 e. The van der Waals surface area contributed by atoms with E-state index in [0.29, 0.717) is 18.1 Å². The summed E-state index contributed by atoms with van der Waals surface area (Å²) in [7, 11) is 0. The first-order chi connectivity index (χ1) is 12.3. The van der Waals surface area contributed by atoms with Gasteiger partial charge in [-0.2, -0.15) is 0 Å². The van der Waals surface area contributed by atoms with E-state index < -0.39 is 24.0 Å². The molecule has 0 aromatic heterocycles. The molecule has 0 heterocycles. The molecule has 1 aromatic rings. The summed E-state index contributed by atoms with van der Waals surface area (Å²) in [4.78, 5) is 11.0. The summed E-state index contributed by atoms with van der Waals surface area (Å²) in [6.45, 7) is 12.0. The molecular formula is C22H37NO4. The highest BCUT2D eigenvalue weighted by atomic mass is 16.4. The average Bonchev–Trinajstić information content (AvgIpc) is 2.52. The van der Waals surface area contributed by atoms with Crippen LogP contribution in [0.25, 0.3) is 0 Å². The molecule has 4 unspecified atom stereocenters. The zero-order chi connectivity index (χ0) is 20.9. The molecule has 27 heavy (non-hydrogen) atoms. The number of hydrogen-bond donors (Lipinski definition) is 4. The van der Waals surface area contributed by atoms with Gasteiger partial charge < -0.3 is 21.1 Å². The topological polar surface area (TPSA) is 104 Å². The van der Waals surface area contributed by atoms with E-state index >= 15 is 0 Å². The van der Waals surface area contributed by atoms with Gasteiger partial charge >= 0.3 is 5.97 Å². The summed E-state index contributed by atoms with van der Waals surface area (Å²) in [5, 5.41) is 29.7. The molecule has 0 saturated heterocycles. The fourth-order valence-electron chi connectivity index (χ4n) is 3.38. The molecular weight excluding hydrogens is 342 g/mol. The quantitative estimate of drug-likeness (QED) is 0.524. The maximum atomic E-state index is 11.0. The van der Waals surface area contributed by atoms with Crippen LogP contribution in [0.5, 0.6) is 5.75 Å². The number of phenolic OH excluding ortho intramolecular Hbond substituents is 1. The number of benzene rings is 1. The molecule has 0 aliphatic heterocycles. The van der Waals surface area contributed by atoms with Gasteiger partial charge in [-0.3, -0.25) is 4.79 Å². The maximum Gasteiger partial charge on any atom is 0.306 e. The van der Waals surface area contributed by atoms with Crippen molar-refractivity contribution in [1.82, 2.24) is 0 Å². The average molecular weight is 380 g/mol. The zero-order valence-electron chi connectivity index (χ0n) is 17.6. The second-order valence-electron chi connectivity index (χ2n) is 9.25. The third kappa shape index (κ3) is 7.15. The van der Waals surface area contributed by atoms with E-state index in [1.54, 1.807) is 6.92 Å². The molecule has 1 rings (SSSR count). The Labute approximate surface area is 163 Å². The van der Waals surface area contributed by atoms with Crippen molar-refractivity contribution >= 4 is 5.97 Å². The zero-order valence-corrected chi connectivity index (χ0v) is 17.6. The van der Waals surface area contributed by atoms with Crippen LogP contribution < -0.4 is 5.73 Å². The maximum absolute atomic E-state index is 11.0. The summed E-state index contributed by atoms with van der Waals surface area (Å²) in [6, 6.07) is 5.38. The van der Waals surface area contributed by atoms with Crippen LogP contribution in [0.1, 0.15) is 65.5 Å². The van der Waals surface area contributed by atoms with Gasteiger partial charge in [0.1, 0.15) is 5.75 Å². The minimum absolute atomic E-state index is 0.118. The number of carboxylic acids is 1. The Kier molecular flexibility index (Phi) is 8.30. The Bertz CT molecular complexity index is 621. The SMILES string of the molecule is CC(CC(O)C(N)CC(Cc1ccc(C(C)(C)C)c(O)c1)C(C)C)C(=O)O. The Morgan fingerprint density at radius 2 is 1.74 bits per heavy atom. The molecule has 0 fully saturated rings. The Morgan fingerprint density at radius 3 is 2.19 bits per heavy atom. The fraction of sp³-hybridized carbons (Fsp3) is 0.682. The van der Waals surface area contributed by atoms with E-state index in [0.717, 1.165) is 17.5 Å². The molecule has 4 atom stereocenters. The number of aliphatic carboxylic acids is 1. The van der Waals surface area contributed by atoms with Crippen molar-refractivity contribution in [2.24, 2.45) is 23.5 Å². The van der Waals surface area contributed by atoms with Crippen molar-refractivity contribution in [3.63, 3.8) is 0 Å². The van der Waals surface area contributed by atoms with E-state index in [4.69, 9.17) is 10.8 Å². The van der Waals surface area contributed by atoms with Gasteiger partial charge in [-0.05, 0) is 53.7 Å². The van der Waals surface area contributed by atoms with Gasteiger partial charge in [0.05, 0.1) is 12.0 Å². The second kappa shape index (κ2) is 9.56. The highest BCUT2D eigenvalue weighted by Crippen LogP contribution is 2.33. The number of aliphatic hydroxyl groups excluding tert-OH is 1. The molecule has 5 N–H and O–H groups in total. The molecule has 0 aliphatic rings. The predicted molar refractivity (Wildman–Crippen MR) is 109 cm³/mol. The molecule has 5 heteroatoms. The van der Waals surface area contributed by atoms with Crippen LogP contribution in [0.15, 0.2) is 18.2 Å². The number of nitrogens with two attached hydrogens (primary N) is 1. The highest BCUT2D eigenvalue weighted by Gasteiger charge is 2.26. The lowest BCUT2D eigenvalue weighted by atomic mass is 9.81. The molecule has 0 saturated carbocycles. The number of carboxylic acid groups (broad SMARTS) is 1. The van der Waals surface area contributed by atoms with Crippen molar-refractivity contribution in [3.8, 4) is 5.75 Å². The number of aliphatic hydroxyl groups is 1. The lowest BCUT2D eigenvalue weighted by Crippen LogP contribution is -2.39. The first kappa shape index (κ1) is 23.4. The Balaban J connectivity index is 2.82. The lowest BCUT2D eigenvalue weighted by Gasteiger charge is -2.28. The molecule has 0 spiro atoms. The minimum Gasteiger partial charge on any atom is -0.508 e. The lowest BCUT2D eigenvalue weighted by molar-refractivity contribution is -0.142. The van der Waals surface area contributed by atoms with Gasteiger partial charge in [0.25, 0.3) is 0 Å². The number of hydrogen-bond acceptors (Lipinski definition) is 4. The van der Waals surface area contributed by atoms with Crippen molar-refractivity contribution in [2.75, 3.05) is 0 Å². The van der Waals surface area contributed by atoms with Crippen LogP contribution in [0.4, 0.5) is 0 Å². The van der Waals surface area contributed by atoms with Crippen molar-refractivity contribution < 1.29 is 20.1 Å². The van der Waals surface area contributed by atoms with Crippen LogP contribution in [-0.4, -0.2) is 33.4 Å². The molecule has 5 nitrogen and oxygen atoms in total. The van der Waals surface area contributed by atoms with Gasteiger partial charge in [0.15, 0.2) is 0 Å². The first-order valence-electron chi connectivity index (χ1n) is 9.81. The van der Waals surface area contributed by atoms with Crippen molar-refractivity contribution in [3.05, 3.63) is 29.3 Å². The summed E-state index contributed by atoms with van der Waals surface area (Å²) < 4.78 is 0. The van der Waals surface area contributed by atoms with Crippen molar-refractivity contribution in [2.45, 2.75) is 78.4 Å². The standard InChI is InChI=1S/C22H37NO4/c1-13(2)16(12-18(23)20(25)9-14(3)21(26)27)10-15-7-8-17(19(24)11-15)22(4,5)6/h7-8,11,13-14,16,18,20,24-25H,9-10,12,23H2,1-6H3,(H,26,27). The molecule has 0 radical (unpaired) electrons. The number of rotatable bonds is 9. The van der Waals surface area contributed by atoms with Crippen LogP contribution in [0.2, 0.25) is 0 Å². The summed E-state index contributed by atoms with van der Waals surface area (Å²) in [6.07, 6.45) is 0.675. The monoisotopic (exact) mass is 379 g/mol. The van der Waals surface area contributed by atoms with E-state index in [2.05, 4.69) is 34.6 Å². The first-order valence-corrected chi connectivity index (χ1v) is 9.81. The number of aromatic hydroxyl groups is 1. The third-order valence-electron chi connectivity index (χ3n) is 5.40. The van der Waals surface area contributed by atoms with Crippen molar-refractivity contribution in [1.29, 1.82) is 0 Å².